The first kappa shape index (κ1) is 28.4. The molecule has 1 N–H and O–H groups in total. The quantitative estimate of drug-likeness (QED) is 0.285. The highest BCUT2D eigenvalue weighted by molar-refractivity contribution is 7.92. The predicted octanol–water partition coefficient (Wildman–Crippen LogP) is 4.84. The smallest absolute Gasteiger partial charge is 0.264 e. The molecule has 4 aromatic carbocycles. The normalized spacial score (nSPS) is 11.8. The van der Waals surface area contributed by atoms with E-state index in [0.717, 1.165) is 9.87 Å². The molecule has 2 amide bonds. The molecule has 0 unspecified atom stereocenters. The first-order valence-electron chi connectivity index (χ1n) is 12.8. The van der Waals surface area contributed by atoms with E-state index in [-0.39, 0.29) is 23.0 Å². The van der Waals surface area contributed by atoms with Crippen LogP contribution in [0.2, 0.25) is 0 Å². The molecule has 40 heavy (non-hydrogen) atoms. The number of sulfonamides is 1. The van der Waals surface area contributed by atoms with Gasteiger partial charge in [0.15, 0.2) is 0 Å². The minimum Gasteiger partial charge on any atom is -0.457 e. The monoisotopic (exact) mass is 557 g/mol. The second kappa shape index (κ2) is 12.9. The summed E-state index contributed by atoms with van der Waals surface area (Å²) >= 11 is 0. The van der Waals surface area contributed by atoms with E-state index >= 15 is 0 Å². The summed E-state index contributed by atoms with van der Waals surface area (Å²) in [6.45, 7) is 1.24. The Morgan fingerprint density at radius 2 is 1.30 bits per heavy atom. The number of carbonyl (C=O) groups excluding carboxylic acids is 2. The van der Waals surface area contributed by atoms with Gasteiger partial charge in [0.1, 0.15) is 24.1 Å². The molecule has 0 bridgehead atoms. The van der Waals surface area contributed by atoms with Gasteiger partial charge < -0.3 is 15.0 Å². The molecule has 0 aliphatic carbocycles. The van der Waals surface area contributed by atoms with Gasteiger partial charge in [-0.3, -0.25) is 13.9 Å². The van der Waals surface area contributed by atoms with E-state index in [0.29, 0.717) is 11.5 Å². The summed E-state index contributed by atoms with van der Waals surface area (Å²) in [6.07, 6.45) is 0. The average molecular weight is 558 g/mol. The van der Waals surface area contributed by atoms with Crippen LogP contribution in [0.4, 0.5) is 5.69 Å². The largest absolute Gasteiger partial charge is 0.457 e. The topological polar surface area (TPSA) is 96.0 Å². The van der Waals surface area contributed by atoms with Gasteiger partial charge in [-0.25, -0.2) is 8.42 Å². The molecule has 0 aliphatic heterocycles. The summed E-state index contributed by atoms with van der Waals surface area (Å²) < 4.78 is 34.6. The summed E-state index contributed by atoms with van der Waals surface area (Å²) in [5, 5.41) is 2.57. The van der Waals surface area contributed by atoms with Crippen molar-refractivity contribution < 1.29 is 22.7 Å². The van der Waals surface area contributed by atoms with E-state index in [1.165, 1.54) is 24.1 Å². The van der Waals surface area contributed by atoms with Gasteiger partial charge in [-0.15, -0.1) is 0 Å². The number of para-hydroxylation sites is 1. The Hall–Kier alpha value is -4.63. The molecule has 9 heteroatoms. The minimum absolute atomic E-state index is 0.0429. The maximum atomic E-state index is 13.8. The van der Waals surface area contributed by atoms with Gasteiger partial charge >= 0.3 is 0 Å². The maximum absolute atomic E-state index is 13.8. The van der Waals surface area contributed by atoms with E-state index in [2.05, 4.69) is 5.32 Å². The molecular weight excluding hydrogens is 526 g/mol. The Kier molecular flexibility index (Phi) is 9.19. The van der Waals surface area contributed by atoms with Crippen LogP contribution in [0, 0.1) is 0 Å². The van der Waals surface area contributed by atoms with Gasteiger partial charge in [0.25, 0.3) is 10.0 Å². The molecule has 0 spiro atoms. The van der Waals surface area contributed by atoms with E-state index in [1.54, 1.807) is 49.4 Å². The fraction of sp³-hybridized carbons (Fsp3) is 0.161. The Bertz CT molecular complexity index is 1510. The highest BCUT2D eigenvalue weighted by Crippen LogP contribution is 2.28. The lowest BCUT2D eigenvalue weighted by Crippen LogP contribution is -2.50. The third-order valence-corrected chi connectivity index (χ3v) is 8.11. The summed E-state index contributed by atoms with van der Waals surface area (Å²) in [7, 11) is -2.64. The predicted molar refractivity (Wildman–Crippen MR) is 154 cm³/mol. The number of ether oxygens (including phenoxy) is 1. The zero-order valence-corrected chi connectivity index (χ0v) is 23.1. The molecule has 1 atom stereocenters. The van der Waals surface area contributed by atoms with Crippen LogP contribution >= 0.6 is 0 Å². The maximum Gasteiger partial charge on any atom is 0.264 e. The van der Waals surface area contributed by atoms with Crippen molar-refractivity contribution in [1.29, 1.82) is 0 Å². The minimum atomic E-state index is -4.13. The SMILES string of the molecule is CNC(=O)[C@@H](C)N(Cc1ccccc1)C(=O)CN(c1ccc(Oc2ccccc2)cc1)S(=O)(=O)c1ccccc1. The Morgan fingerprint density at radius 1 is 0.775 bits per heavy atom. The van der Waals surface area contributed by atoms with Crippen molar-refractivity contribution in [3.63, 3.8) is 0 Å². The number of rotatable bonds is 11. The molecule has 0 radical (unpaired) electrons. The number of nitrogens with zero attached hydrogens (tertiary/aromatic N) is 2. The summed E-state index contributed by atoms with van der Waals surface area (Å²) in [5.74, 6) is 0.268. The Morgan fingerprint density at radius 3 is 1.88 bits per heavy atom. The summed E-state index contributed by atoms with van der Waals surface area (Å²) in [4.78, 5) is 27.8. The standard InChI is InChI=1S/C31H31N3O5S/c1-24(31(36)32-2)33(22-25-12-6-3-7-13-25)30(35)23-34(40(37,38)29-16-10-5-11-17-29)26-18-20-28(21-19-26)39-27-14-8-4-9-15-27/h3-21,24H,22-23H2,1-2H3,(H,32,36)/t24-/m1/s1. The van der Waals surface area contributed by atoms with Crippen LogP contribution in [0.3, 0.4) is 0 Å². The highest BCUT2D eigenvalue weighted by atomic mass is 32.2. The van der Waals surface area contributed by atoms with Gasteiger partial charge in [0.2, 0.25) is 11.8 Å². The van der Waals surface area contributed by atoms with Crippen LogP contribution in [0.15, 0.2) is 120 Å². The second-order valence-electron chi connectivity index (χ2n) is 9.03. The average Bonchev–Trinajstić information content (AvgIpc) is 2.99. The number of hydrogen-bond donors (Lipinski definition) is 1. The van der Waals surface area contributed by atoms with Crippen molar-refractivity contribution in [2.75, 3.05) is 17.9 Å². The molecule has 0 aliphatic rings. The number of benzene rings is 4. The molecule has 0 saturated carbocycles. The highest BCUT2D eigenvalue weighted by Gasteiger charge is 2.32. The van der Waals surface area contributed by atoms with Crippen LogP contribution in [0.25, 0.3) is 0 Å². The van der Waals surface area contributed by atoms with Crippen molar-refractivity contribution >= 4 is 27.5 Å². The number of nitrogens with one attached hydrogen (secondary N) is 1. The van der Waals surface area contributed by atoms with Crippen LogP contribution in [-0.2, 0) is 26.2 Å². The summed E-state index contributed by atoms with van der Waals surface area (Å²) in [5.41, 5.74) is 1.09. The van der Waals surface area contributed by atoms with Gasteiger partial charge in [0, 0.05) is 13.6 Å². The number of carbonyl (C=O) groups is 2. The molecule has 206 valence electrons. The molecule has 8 nitrogen and oxygen atoms in total. The van der Waals surface area contributed by atoms with Crippen molar-refractivity contribution in [3.8, 4) is 11.5 Å². The van der Waals surface area contributed by atoms with Gasteiger partial charge in [-0.1, -0.05) is 66.7 Å². The molecule has 0 saturated heterocycles. The third-order valence-electron chi connectivity index (χ3n) is 6.32. The first-order chi connectivity index (χ1) is 19.3. The summed E-state index contributed by atoms with van der Waals surface area (Å²) in [6, 6.07) is 32.0. The van der Waals surface area contributed by atoms with Gasteiger partial charge in [0.05, 0.1) is 10.6 Å². The van der Waals surface area contributed by atoms with Crippen LogP contribution in [-0.4, -0.2) is 44.8 Å². The number of amides is 2. The van der Waals surface area contributed by atoms with Crippen molar-refractivity contribution in [3.05, 3.63) is 121 Å². The van der Waals surface area contributed by atoms with Gasteiger partial charge in [-0.05, 0) is 61.0 Å². The second-order valence-corrected chi connectivity index (χ2v) is 10.9. The number of hydrogen-bond acceptors (Lipinski definition) is 5. The molecule has 4 rings (SSSR count). The Balaban J connectivity index is 1.68. The lowest BCUT2D eigenvalue weighted by Gasteiger charge is -2.31. The van der Waals surface area contributed by atoms with E-state index in [4.69, 9.17) is 4.74 Å². The lowest BCUT2D eigenvalue weighted by atomic mass is 10.1. The molecule has 4 aromatic rings. The van der Waals surface area contributed by atoms with Crippen LogP contribution < -0.4 is 14.4 Å². The zero-order valence-electron chi connectivity index (χ0n) is 22.3. The van der Waals surface area contributed by atoms with Crippen molar-refractivity contribution in [2.45, 2.75) is 24.4 Å². The van der Waals surface area contributed by atoms with Crippen molar-refractivity contribution in [1.82, 2.24) is 10.2 Å². The van der Waals surface area contributed by atoms with Gasteiger partial charge in [-0.2, -0.15) is 0 Å². The van der Waals surface area contributed by atoms with Crippen LogP contribution in [0.1, 0.15) is 12.5 Å². The van der Waals surface area contributed by atoms with E-state index < -0.39 is 28.5 Å². The molecule has 0 fully saturated rings. The zero-order chi connectivity index (χ0) is 28.5. The van der Waals surface area contributed by atoms with Crippen molar-refractivity contribution in [2.24, 2.45) is 0 Å². The number of anilines is 1. The molecular formula is C31H31N3O5S. The van der Waals surface area contributed by atoms with E-state index in [1.807, 2.05) is 60.7 Å². The fourth-order valence-electron chi connectivity index (χ4n) is 4.13. The lowest BCUT2D eigenvalue weighted by molar-refractivity contribution is -0.139. The third kappa shape index (κ3) is 6.86. The van der Waals surface area contributed by atoms with Crippen LogP contribution in [0.5, 0.6) is 11.5 Å². The molecule has 0 heterocycles. The number of likely N-dealkylation sites (N-methyl/N-ethyl adjacent to an activating group) is 1. The Labute approximate surface area is 234 Å². The first-order valence-corrected chi connectivity index (χ1v) is 14.2. The molecule has 0 aromatic heterocycles. The fourth-order valence-corrected chi connectivity index (χ4v) is 5.56. The van der Waals surface area contributed by atoms with E-state index in [9.17, 15) is 18.0 Å².